The van der Waals surface area contributed by atoms with Crippen LogP contribution in [0.4, 0.5) is 0 Å². The molecule has 4 atom stereocenters. The lowest BCUT2D eigenvalue weighted by molar-refractivity contribution is -0.191. The van der Waals surface area contributed by atoms with Gasteiger partial charge in [0, 0.05) is 16.7 Å². The van der Waals surface area contributed by atoms with Gasteiger partial charge in [-0.2, -0.15) is 0 Å². The van der Waals surface area contributed by atoms with Gasteiger partial charge in [0.15, 0.2) is 5.78 Å². The summed E-state index contributed by atoms with van der Waals surface area (Å²) in [6.07, 6.45) is 1.92. The largest absolute Gasteiger partial charge is 0.393 e. The molecule has 0 aliphatic heterocycles. The molecule has 0 aromatic carbocycles. The fraction of sp³-hybridized carbons (Fsp3) is 0.800. The zero-order valence-corrected chi connectivity index (χ0v) is 12.1. The summed E-state index contributed by atoms with van der Waals surface area (Å²) in [5.41, 5.74) is -2.21. The van der Waals surface area contributed by atoms with Crippen LogP contribution in [0.2, 0.25) is 0 Å². The second-order valence-electron chi connectivity index (χ2n) is 6.97. The lowest BCUT2D eigenvalue weighted by Crippen LogP contribution is -2.65. The van der Waals surface area contributed by atoms with E-state index in [0.29, 0.717) is 18.4 Å². The molecule has 0 saturated heterocycles. The van der Waals surface area contributed by atoms with Crippen molar-refractivity contribution in [1.82, 2.24) is 0 Å². The minimum absolute atomic E-state index is 0.0538. The highest BCUT2D eigenvalue weighted by molar-refractivity contribution is 5.95. The first kappa shape index (κ1) is 14.7. The minimum atomic E-state index is -1.39. The Morgan fingerprint density at radius 3 is 2.47 bits per heavy atom. The third-order valence-corrected chi connectivity index (χ3v) is 5.65. The molecular weight excluding hydrogens is 244 g/mol. The van der Waals surface area contributed by atoms with Gasteiger partial charge in [0.25, 0.3) is 0 Å². The zero-order valence-electron chi connectivity index (χ0n) is 12.1. The van der Waals surface area contributed by atoms with E-state index in [1.165, 1.54) is 6.08 Å². The molecule has 1 fully saturated rings. The Labute approximate surface area is 114 Å². The molecule has 0 aromatic heterocycles. The first-order valence-electron chi connectivity index (χ1n) is 6.85. The smallest absolute Gasteiger partial charge is 0.160 e. The first-order chi connectivity index (χ1) is 8.61. The second-order valence-corrected chi connectivity index (χ2v) is 6.97. The standard InChI is InChI=1S/C15H24O4/c1-9-7-10(17)12-13(2,3)11(18)5-6-14(12,4)15(9,19)8-16/h7,11-12,16,18-19H,5-6,8H2,1-4H3/t11-,12+,14-,15-/m1/s1. The number of rotatable bonds is 1. The number of hydrogen-bond donors (Lipinski definition) is 3. The minimum Gasteiger partial charge on any atom is -0.393 e. The Balaban J connectivity index is 2.63. The number of ketones is 1. The van der Waals surface area contributed by atoms with Crippen molar-refractivity contribution < 1.29 is 20.1 Å². The molecular formula is C15H24O4. The molecule has 2 rings (SSSR count). The van der Waals surface area contributed by atoms with Gasteiger partial charge in [0.2, 0.25) is 0 Å². The summed E-state index contributed by atoms with van der Waals surface area (Å²) >= 11 is 0. The molecule has 0 bridgehead atoms. The highest BCUT2D eigenvalue weighted by atomic mass is 16.3. The van der Waals surface area contributed by atoms with Gasteiger partial charge < -0.3 is 15.3 Å². The van der Waals surface area contributed by atoms with Crippen molar-refractivity contribution in [3.05, 3.63) is 11.6 Å². The van der Waals surface area contributed by atoms with Crippen molar-refractivity contribution in [2.45, 2.75) is 52.2 Å². The molecule has 4 heteroatoms. The molecule has 3 N–H and O–H groups in total. The molecule has 0 amide bonds. The van der Waals surface area contributed by atoms with Crippen molar-refractivity contribution >= 4 is 5.78 Å². The van der Waals surface area contributed by atoms with Crippen molar-refractivity contribution in [3.8, 4) is 0 Å². The second kappa shape index (κ2) is 4.14. The van der Waals surface area contributed by atoms with Gasteiger partial charge in [-0.1, -0.05) is 20.8 Å². The summed E-state index contributed by atoms with van der Waals surface area (Å²) in [4.78, 5) is 12.4. The fourth-order valence-electron chi connectivity index (χ4n) is 4.26. The monoisotopic (exact) mass is 268 g/mol. The molecule has 0 radical (unpaired) electrons. The van der Waals surface area contributed by atoms with Gasteiger partial charge in [-0.3, -0.25) is 4.79 Å². The molecule has 0 spiro atoms. The Kier molecular flexibility index (Phi) is 3.20. The van der Waals surface area contributed by atoms with E-state index >= 15 is 0 Å². The highest BCUT2D eigenvalue weighted by Gasteiger charge is 2.64. The maximum absolute atomic E-state index is 12.4. The first-order valence-corrected chi connectivity index (χ1v) is 6.85. The van der Waals surface area contributed by atoms with Crippen LogP contribution in [0.5, 0.6) is 0 Å². The molecule has 2 aliphatic rings. The van der Waals surface area contributed by atoms with Crippen molar-refractivity contribution in [2.75, 3.05) is 6.61 Å². The van der Waals surface area contributed by atoms with Crippen LogP contribution in [0, 0.1) is 16.7 Å². The molecule has 19 heavy (non-hydrogen) atoms. The van der Waals surface area contributed by atoms with Crippen LogP contribution in [-0.4, -0.2) is 39.4 Å². The molecule has 1 saturated carbocycles. The van der Waals surface area contributed by atoms with Gasteiger partial charge in [-0.25, -0.2) is 0 Å². The maximum atomic E-state index is 12.4. The summed E-state index contributed by atoms with van der Waals surface area (Å²) in [6.45, 7) is 6.87. The molecule has 2 aliphatic carbocycles. The highest BCUT2D eigenvalue weighted by Crippen LogP contribution is 2.59. The van der Waals surface area contributed by atoms with Crippen LogP contribution in [0.25, 0.3) is 0 Å². The van der Waals surface area contributed by atoms with Crippen molar-refractivity contribution in [2.24, 2.45) is 16.7 Å². The summed E-state index contributed by atoms with van der Waals surface area (Å²) in [5, 5.41) is 30.8. The number of aliphatic hydroxyl groups is 3. The third kappa shape index (κ3) is 1.66. The summed E-state index contributed by atoms with van der Waals surface area (Å²) < 4.78 is 0. The number of allylic oxidation sites excluding steroid dienone is 1. The van der Waals surface area contributed by atoms with E-state index in [1.807, 2.05) is 20.8 Å². The predicted molar refractivity (Wildman–Crippen MR) is 71.4 cm³/mol. The SMILES string of the molecule is CC1=CC(=O)[C@H]2C(C)(C)[C@H](O)CC[C@@]2(C)[C@@]1(O)CO. The van der Waals surface area contributed by atoms with E-state index in [9.17, 15) is 20.1 Å². The number of hydrogen-bond acceptors (Lipinski definition) is 4. The summed E-state index contributed by atoms with van der Waals surface area (Å²) in [6, 6.07) is 0. The van der Waals surface area contributed by atoms with Crippen LogP contribution < -0.4 is 0 Å². The van der Waals surface area contributed by atoms with Crippen molar-refractivity contribution in [3.63, 3.8) is 0 Å². The molecule has 0 unspecified atom stereocenters. The number of carbonyl (C=O) groups excluding carboxylic acids is 1. The Bertz CT molecular complexity index is 439. The van der Waals surface area contributed by atoms with E-state index in [4.69, 9.17) is 0 Å². The van der Waals surface area contributed by atoms with E-state index in [-0.39, 0.29) is 5.78 Å². The molecule has 4 nitrogen and oxygen atoms in total. The van der Waals surface area contributed by atoms with Gasteiger partial charge in [-0.05, 0) is 31.4 Å². The van der Waals surface area contributed by atoms with Gasteiger partial charge >= 0.3 is 0 Å². The average molecular weight is 268 g/mol. The topological polar surface area (TPSA) is 77.8 Å². The van der Waals surface area contributed by atoms with Gasteiger partial charge in [0.1, 0.15) is 5.60 Å². The zero-order chi connectivity index (χ0) is 14.6. The normalized spacial score (nSPS) is 45.6. The van der Waals surface area contributed by atoms with Crippen LogP contribution in [-0.2, 0) is 4.79 Å². The number of carbonyl (C=O) groups is 1. The van der Waals surface area contributed by atoms with E-state index in [1.54, 1.807) is 6.92 Å². The Hall–Kier alpha value is -0.710. The molecule has 108 valence electrons. The van der Waals surface area contributed by atoms with Gasteiger partial charge in [-0.15, -0.1) is 0 Å². The quantitative estimate of drug-likeness (QED) is 0.664. The lowest BCUT2D eigenvalue weighted by Gasteiger charge is -2.59. The number of aliphatic hydroxyl groups excluding tert-OH is 2. The van der Waals surface area contributed by atoms with E-state index in [2.05, 4.69) is 0 Å². The third-order valence-electron chi connectivity index (χ3n) is 5.65. The van der Waals surface area contributed by atoms with E-state index < -0.39 is 35.1 Å². The molecule has 0 aromatic rings. The van der Waals surface area contributed by atoms with Crippen molar-refractivity contribution in [1.29, 1.82) is 0 Å². The predicted octanol–water partition coefficient (Wildman–Crippen LogP) is 1.04. The Morgan fingerprint density at radius 1 is 1.37 bits per heavy atom. The Morgan fingerprint density at radius 2 is 1.95 bits per heavy atom. The number of fused-ring (bicyclic) bond motifs is 1. The maximum Gasteiger partial charge on any atom is 0.160 e. The van der Waals surface area contributed by atoms with Crippen LogP contribution in [0.3, 0.4) is 0 Å². The fourth-order valence-corrected chi connectivity index (χ4v) is 4.26. The average Bonchev–Trinajstić information content (AvgIpc) is 2.31. The summed E-state index contributed by atoms with van der Waals surface area (Å²) in [5.74, 6) is -0.536. The summed E-state index contributed by atoms with van der Waals surface area (Å²) in [7, 11) is 0. The van der Waals surface area contributed by atoms with Crippen LogP contribution in [0.15, 0.2) is 11.6 Å². The van der Waals surface area contributed by atoms with Crippen LogP contribution >= 0.6 is 0 Å². The molecule has 0 heterocycles. The lowest BCUT2D eigenvalue weighted by atomic mass is 9.46. The van der Waals surface area contributed by atoms with Gasteiger partial charge in [0.05, 0.1) is 12.7 Å². The van der Waals surface area contributed by atoms with Crippen LogP contribution in [0.1, 0.15) is 40.5 Å². The van der Waals surface area contributed by atoms with E-state index in [0.717, 1.165) is 0 Å².